The van der Waals surface area contributed by atoms with Gasteiger partial charge in [0.25, 0.3) is 5.91 Å². The van der Waals surface area contributed by atoms with Gasteiger partial charge in [-0.1, -0.05) is 31.2 Å². The highest BCUT2D eigenvalue weighted by Gasteiger charge is 2.14. The maximum Gasteiger partial charge on any atom is 0.267 e. The second-order valence-electron chi connectivity index (χ2n) is 7.54. The Morgan fingerprint density at radius 3 is 2.75 bits per heavy atom. The van der Waals surface area contributed by atoms with Crippen molar-refractivity contribution in [2.24, 2.45) is 0 Å². The summed E-state index contributed by atoms with van der Waals surface area (Å²) in [5.74, 6) is 0.163. The monoisotopic (exact) mass is 430 g/mol. The molecule has 0 saturated heterocycles. The van der Waals surface area contributed by atoms with Crippen molar-refractivity contribution in [3.63, 3.8) is 0 Å². The fourth-order valence-corrected chi connectivity index (χ4v) is 3.46. The van der Waals surface area contributed by atoms with E-state index in [-0.39, 0.29) is 0 Å². The minimum atomic E-state index is -0.582. The van der Waals surface area contributed by atoms with E-state index in [1.165, 1.54) is 6.08 Å². The number of fused-ring (bicyclic) bond motifs is 3. The third kappa shape index (κ3) is 4.61. The Labute approximate surface area is 186 Å². The normalized spacial score (nSPS) is 11.6. The van der Waals surface area contributed by atoms with Gasteiger partial charge in [0.2, 0.25) is 0 Å². The van der Waals surface area contributed by atoms with Gasteiger partial charge in [0.05, 0.1) is 11.2 Å². The first-order valence-electron chi connectivity index (χ1n) is 10.5. The average molecular weight is 431 g/mol. The van der Waals surface area contributed by atoms with Gasteiger partial charge in [0.15, 0.2) is 5.82 Å². The van der Waals surface area contributed by atoms with E-state index in [9.17, 15) is 4.79 Å². The Morgan fingerprint density at radius 1 is 1.19 bits per heavy atom. The van der Waals surface area contributed by atoms with E-state index in [1.54, 1.807) is 11.6 Å². The number of carbonyl (C=O) groups excluding carboxylic acids is 1. The lowest BCUT2D eigenvalue weighted by Crippen LogP contribution is -2.25. The van der Waals surface area contributed by atoms with Crippen LogP contribution in [0.15, 0.2) is 60.8 Å². The molecule has 1 amide bonds. The summed E-state index contributed by atoms with van der Waals surface area (Å²) in [5.41, 5.74) is 5.00. The number of nitrogens with zero attached hydrogens (tertiary/aromatic N) is 4. The van der Waals surface area contributed by atoms with Gasteiger partial charge in [-0.25, -0.2) is 15.1 Å². The number of hydrogen-bond acceptors (Lipinski definition) is 6. The molecular formula is C24H26N6O2. The van der Waals surface area contributed by atoms with Gasteiger partial charge >= 0.3 is 0 Å². The summed E-state index contributed by atoms with van der Waals surface area (Å²) in [6.45, 7) is 4.76. The van der Waals surface area contributed by atoms with Crippen LogP contribution in [0.4, 0.5) is 5.82 Å². The number of aromatic nitrogens is 3. The summed E-state index contributed by atoms with van der Waals surface area (Å²) >= 11 is 0. The largest absolute Gasteiger partial charge is 0.367 e. The van der Waals surface area contributed by atoms with Crippen LogP contribution in [0.25, 0.3) is 33.6 Å². The molecule has 2 aromatic heterocycles. The zero-order valence-corrected chi connectivity index (χ0v) is 18.1. The molecule has 3 N–H and O–H groups in total. The van der Waals surface area contributed by atoms with Crippen molar-refractivity contribution < 1.29 is 10.0 Å². The Balaban J connectivity index is 1.81. The number of likely N-dealkylation sites (N-methyl/N-ethyl adjacent to an activating group) is 1. The first-order valence-corrected chi connectivity index (χ1v) is 10.5. The average Bonchev–Trinajstić information content (AvgIpc) is 3.29. The van der Waals surface area contributed by atoms with E-state index in [0.29, 0.717) is 0 Å². The van der Waals surface area contributed by atoms with Gasteiger partial charge in [-0.3, -0.25) is 10.0 Å². The summed E-state index contributed by atoms with van der Waals surface area (Å²) in [5, 5.41) is 18.9. The molecule has 8 heteroatoms. The molecule has 4 rings (SSSR count). The van der Waals surface area contributed by atoms with Crippen molar-refractivity contribution in [3.8, 4) is 5.69 Å². The Kier molecular flexibility index (Phi) is 6.44. The van der Waals surface area contributed by atoms with Gasteiger partial charge in [-0.2, -0.15) is 5.10 Å². The number of nitrogens with one attached hydrogen (secondary N) is 2. The Morgan fingerprint density at radius 2 is 2.00 bits per heavy atom. The quantitative estimate of drug-likeness (QED) is 0.225. The van der Waals surface area contributed by atoms with Gasteiger partial charge in [-0.15, -0.1) is 0 Å². The number of anilines is 1. The smallest absolute Gasteiger partial charge is 0.267 e. The van der Waals surface area contributed by atoms with Gasteiger partial charge in [0, 0.05) is 36.1 Å². The number of amides is 1. The third-order valence-corrected chi connectivity index (χ3v) is 5.37. The number of hydroxylamine groups is 1. The molecule has 0 aliphatic heterocycles. The number of hydrogen-bond donors (Lipinski definition) is 3. The van der Waals surface area contributed by atoms with Crippen molar-refractivity contribution in [1.82, 2.24) is 25.1 Å². The molecule has 0 fully saturated rings. The number of para-hydroxylation sites is 1. The molecule has 0 bridgehead atoms. The minimum absolute atomic E-state index is 0.582. The fraction of sp³-hybridized carbons (Fsp3) is 0.208. The van der Waals surface area contributed by atoms with Crippen LogP contribution in [-0.4, -0.2) is 57.5 Å². The van der Waals surface area contributed by atoms with Crippen LogP contribution in [0.5, 0.6) is 0 Å². The minimum Gasteiger partial charge on any atom is -0.367 e. The van der Waals surface area contributed by atoms with Gasteiger partial charge in [0.1, 0.15) is 5.52 Å². The van der Waals surface area contributed by atoms with Crippen LogP contribution >= 0.6 is 0 Å². The maximum absolute atomic E-state index is 11.4. The molecule has 4 aromatic rings. The van der Waals surface area contributed by atoms with Crippen LogP contribution in [0.2, 0.25) is 0 Å². The third-order valence-electron chi connectivity index (χ3n) is 5.37. The zero-order valence-electron chi connectivity index (χ0n) is 18.1. The standard InChI is InChI=1S/C24H26N6O2/c1-3-29(2)14-13-25-24-23-20(16-30(27-23)18-7-5-4-6-8-18)19-15-17(9-11-21(19)26-24)10-12-22(31)28-32/h4-12,15-16,32H,3,13-14H2,1-2H3,(H,25,26)(H,28,31)/b12-10+. The molecule has 8 nitrogen and oxygen atoms in total. The first kappa shape index (κ1) is 21.5. The maximum atomic E-state index is 11.4. The molecule has 0 spiro atoms. The predicted octanol–water partition coefficient (Wildman–Crippen LogP) is 3.46. The van der Waals surface area contributed by atoms with Gasteiger partial charge < -0.3 is 10.2 Å². The Hall–Kier alpha value is -3.75. The fourth-order valence-electron chi connectivity index (χ4n) is 3.46. The van der Waals surface area contributed by atoms with E-state index < -0.39 is 5.91 Å². The topological polar surface area (TPSA) is 95.3 Å². The highest BCUT2D eigenvalue weighted by Crippen LogP contribution is 2.30. The molecule has 0 atom stereocenters. The summed E-state index contributed by atoms with van der Waals surface area (Å²) in [4.78, 5) is 18.4. The number of carbonyl (C=O) groups is 1. The second kappa shape index (κ2) is 9.59. The molecule has 0 radical (unpaired) electrons. The molecule has 0 aliphatic carbocycles. The molecular weight excluding hydrogens is 404 g/mol. The Bertz CT molecular complexity index is 1270. The molecule has 32 heavy (non-hydrogen) atoms. The highest BCUT2D eigenvalue weighted by molar-refractivity contribution is 6.09. The van der Waals surface area contributed by atoms with Crippen LogP contribution in [0.1, 0.15) is 12.5 Å². The number of benzene rings is 2. The highest BCUT2D eigenvalue weighted by atomic mass is 16.5. The van der Waals surface area contributed by atoms with Crippen molar-refractivity contribution in [2.45, 2.75) is 6.92 Å². The van der Waals surface area contributed by atoms with Crippen molar-refractivity contribution in [3.05, 3.63) is 66.4 Å². The van der Waals surface area contributed by atoms with E-state index in [1.807, 2.05) is 59.4 Å². The lowest BCUT2D eigenvalue weighted by Gasteiger charge is -2.15. The predicted molar refractivity (Wildman–Crippen MR) is 127 cm³/mol. The lowest BCUT2D eigenvalue weighted by atomic mass is 10.1. The lowest BCUT2D eigenvalue weighted by molar-refractivity contribution is -0.124. The number of rotatable bonds is 8. The van der Waals surface area contributed by atoms with E-state index in [4.69, 9.17) is 15.3 Å². The van der Waals surface area contributed by atoms with E-state index in [0.717, 1.165) is 58.5 Å². The van der Waals surface area contributed by atoms with Crippen LogP contribution in [0, 0.1) is 0 Å². The van der Waals surface area contributed by atoms with Crippen LogP contribution < -0.4 is 10.8 Å². The zero-order chi connectivity index (χ0) is 22.5. The van der Waals surface area contributed by atoms with Crippen LogP contribution in [-0.2, 0) is 4.79 Å². The van der Waals surface area contributed by atoms with Crippen molar-refractivity contribution in [2.75, 3.05) is 32.0 Å². The molecule has 2 heterocycles. The molecule has 0 unspecified atom stereocenters. The molecule has 0 aliphatic rings. The first-order chi connectivity index (χ1) is 15.6. The van der Waals surface area contributed by atoms with Crippen LogP contribution in [0.3, 0.4) is 0 Å². The summed E-state index contributed by atoms with van der Waals surface area (Å²) in [7, 11) is 2.08. The molecule has 0 saturated carbocycles. The molecule has 164 valence electrons. The van der Waals surface area contributed by atoms with E-state index >= 15 is 0 Å². The summed E-state index contributed by atoms with van der Waals surface area (Å²) < 4.78 is 1.86. The summed E-state index contributed by atoms with van der Waals surface area (Å²) in [6.07, 6.45) is 4.93. The van der Waals surface area contributed by atoms with Crippen molar-refractivity contribution in [1.29, 1.82) is 0 Å². The second-order valence-corrected chi connectivity index (χ2v) is 7.54. The van der Waals surface area contributed by atoms with E-state index in [2.05, 4.69) is 24.2 Å². The molecule has 2 aromatic carbocycles. The van der Waals surface area contributed by atoms with Crippen molar-refractivity contribution >= 4 is 39.6 Å². The number of pyridine rings is 1. The van der Waals surface area contributed by atoms with Gasteiger partial charge in [-0.05, 0) is 49.5 Å². The SMILES string of the molecule is CCN(C)CCNc1nc2ccc(/C=C/C(=O)NO)cc2c2cn(-c3ccccc3)nc12. The summed E-state index contributed by atoms with van der Waals surface area (Å²) in [6, 6.07) is 15.7.